The molecule has 0 saturated carbocycles. The molecule has 1 unspecified atom stereocenters. The number of benzene rings is 1. The molecule has 1 aromatic heterocycles. The first-order valence-electron chi connectivity index (χ1n) is 12.0. The van der Waals surface area contributed by atoms with Gasteiger partial charge in [0.1, 0.15) is 6.17 Å². The Bertz CT molecular complexity index is 942. The van der Waals surface area contributed by atoms with E-state index in [0.717, 1.165) is 59.3 Å². The average molecular weight is 499 g/mol. The minimum atomic E-state index is -0.0276. The maximum atomic E-state index is 13.7. The van der Waals surface area contributed by atoms with E-state index in [1.165, 1.54) is 18.5 Å². The van der Waals surface area contributed by atoms with E-state index in [-0.39, 0.29) is 12.1 Å². The third kappa shape index (κ3) is 4.52. The Kier molecular flexibility index (Phi) is 7.08. The second-order valence-electron chi connectivity index (χ2n) is 9.63. The summed E-state index contributed by atoms with van der Waals surface area (Å²) in [5, 5.41) is 3.40. The van der Waals surface area contributed by atoms with Crippen molar-refractivity contribution in [2.24, 2.45) is 0 Å². The van der Waals surface area contributed by atoms with Gasteiger partial charge in [0.05, 0.1) is 22.0 Å². The van der Waals surface area contributed by atoms with Crippen LogP contribution in [-0.4, -0.2) is 36.7 Å². The van der Waals surface area contributed by atoms with Gasteiger partial charge < -0.3 is 15.1 Å². The molecule has 2 saturated heterocycles. The highest BCUT2D eigenvalue weighted by Gasteiger charge is 2.32. The zero-order valence-corrected chi connectivity index (χ0v) is 21.3. The second-order valence-corrected chi connectivity index (χ2v) is 10.5. The lowest BCUT2D eigenvalue weighted by Crippen LogP contribution is -2.45. The molecule has 2 aliphatic heterocycles. The Labute approximate surface area is 200 Å². The number of hydrogen-bond donors (Lipinski definition) is 1. The van der Waals surface area contributed by atoms with Gasteiger partial charge in [0.2, 0.25) is 0 Å². The van der Waals surface area contributed by atoms with Crippen LogP contribution in [0, 0.1) is 0 Å². The summed E-state index contributed by atoms with van der Waals surface area (Å²) < 4.78 is 1.03. The topological polar surface area (TPSA) is 48.5 Å². The van der Waals surface area contributed by atoms with E-state index in [4.69, 9.17) is 0 Å². The van der Waals surface area contributed by atoms with Gasteiger partial charge in [-0.1, -0.05) is 45.9 Å². The highest BCUT2D eigenvalue weighted by Crippen LogP contribution is 2.40. The van der Waals surface area contributed by atoms with Gasteiger partial charge in [-0.2, -0.15) is 0 Å². The fourth-order valence-electron chi connectivity index (χ4n) is 5.12. The fourth-order valence-corrected chi connectivity index (χ4v) is 5.70. The predicted molar refractivity (Wildman–Crippen MR) is 136 cm³/mol. The first kappa shape index (κ1) is 23.1. The molecule has 2 aromatic rings. The third-order valence-electron chi connectivity index (χ3n) is 6.74. The lowest BCUT2D eigenvalue weighted by atomic mass is 9.88. The van der Waals surface area contributed by atoms with Gasteiger partial charge in [-0.05, 0) is 64.6 Å². The second kappa shape index (κ2) is 9.82. The van der Waals surface area contributed by atoms with Crippen molar-refractivity contribution in [3.8, 4) is 0 Å². The summed E-state index contributed by atoms with van der Waals surface area (Å²) in [4.78, 5) is 22.9. The first-order valence-corrected chi connectivity index (χ1v) is 12.8. The van der Waals surface area contributed by atoms with Crippen molar-refractivity contribution >= 4 is 33.2 Å². The van der Waals surface area contributed by atoms with Crippen LogP contribution in [0.25, 0.3) is 0 Å². The zero-order chi connectivity index (χ0) is 22.8. The Morgan fingerprint density at radius 2 is 1.69 bits per heavy atom. The molecule has 32 heavy (non-hydrogen) atoms. The van der Waals surface area contributed by atoms with Crippen molar-refractivity contribution in [1.29, 1.82) is 0 Å². The summed E-state index contributed by atoms with van der Waals surface area (Å²) in [7, 11) is 0. The van der Waals surface area contributed by atoms with Crippen molar-refractivity contribution in [2.45, 2.75) is 71.4 Å². The molecular formula is C26H35BrN4O. The molecule has 2 aliphatic rings. The molecule has 0 radical (unpaired) electrons. The number of anilines is 2. The fraction of sp³-hybridized carbons (Fsp3) is 0.538. The van der Waals surface area contributed by atoms with E-state index >= 15 is 0 Å². The van der Waals surface area contributed by atoms with Crippen molar-refractivity contribution in [3.63, 3.8) is 0 Å². The predicted octanol–water partition coefficient (Wildman–Crippen LogP) is 6.05. The number of aromatic nitrogens is 1. The Morgan fingerprint density at radius 1 is 1.03 bits per heavy atom. The molecule has 1 aromatic carbocycles. The molecule has 0 spiro atoms. The summed E-state index contributed by atoms with van der Waals surface area (Å²) >= 11 is 3.74. The van der Waals surface area contributed by atoms with E-state index in [9.17, 15) is 4.79 Å². The number of carbonyl (C=O) groups is 1. The number of amides is 1. The molecule has 3 heterocycles. The van der Waals surface area contributed by atoms with E-state index < -0.39 is 0 Å². The standard InChI is InChI=1S/C26H35BrN4O/c1-17(2)19-9-7-10-20(18(3)4)24(19)26(32)29-23-11-8-14-31(23)22-16-28-15-21(27)25(22)30-12-5-6-13-30/h7,9-10,15-18,23H,5-6,8,11-14H2,1-4H3,(H,29,32). The number of nitrogens with one attached hydrogen (secondary N) is 1. The minimum Gasteiger partial charge on any atom is -0.369 e. The van der Waals surface area contributed by atoms with Crippen molar-refractivity contribution < 1.29 is 4.79 Å². The maximum absolute atomic E-state index is 13.7. The first-order chi connectivity index (χ1) is 15.4. The monoisotopic (exact) mass is 498 g/mol. The summed E-state index contributed by atoms with van der Waals surface area (Å²) in [6.07, 6.45) is 8.26. The molecular weight excluding hydrogens is 464 g/mol. The average Bonchev–Trinajstić information content (AvgIpc) is 3.45. The van der Waals surface area contributed by atoms with Crippen LogP contribution in [0.4, 0.5) is 11.4 Å². The lowest BCUT2D eigenvalue weighted by Gasteiger charge is -2.32. The van der Waals surface area contributed by atoms with Crippen LogP contribution in [0.1, 0.15) is 86.7 Å². The largest absolute Gasteiger partial charge is 0.369 e. The van der Waals surface area contributed by atoms with Crippen molar-refractivity contribution in [1.82, 2.24) is 10.3 Å². The Balaban J connectivity index is 1.65. The highest BCUT2D eigenvalue weighted by atomic mass is 79.9. The maximum Gasteiger partial charge on any atom is 0.253 e. The van der Waals surface area contributed by atoms with Crippen LogP contribution in [0.3, 0.4) is 0 Å². The molecule has 2 fully saturated rings. The van der Waals surface area contributed by atoms with Gasteiger partial charge >= 0.3 is 0 Å². The molecule has 6 heteroatoms. The van der Waals surface area contributed by atoms with E-state index in [0.29, 0.717) is 11.8 Å². The number of nitrogens with zero attached hydrogens (tertiary/aromatic N) is 3. The highest BCUT2D eigenvalue weighted by molar-refractivity contribution is 9.10. The van der Waals surface area contributed by atoms with Gasteiger partial charge in [-0.15, -0.1) is 0 Å². The van der Waals surface area contributed by atoms with E-state index in [1.807, 2.05) is 12.4 Å². The van der Waals surface area contributed by atoms with E-state index in [2.05, 4.69) is 81.9 Å². The van der Waals surface area contributed by atoms with Gasteiger partial charge in [0.25, 0.3) is 5.91 Å². The number of hydrogen-bond acceptors (Lipinski definition) is 4. The van der Waals surface area contributed by atoms with Crippen molar-refractivity contribution in [3.05, 3.63) is 51.8 Å². The summed E-state index contributed by atoms with van der Waals surface area (Å²) in [5.41, 5.74) is 5.44. The van der Waals surface area contributed by atoms with E-state index in [1.54, 1.807) is 0 Å². The third-order valence-corrected chi connectivity index (χ3v) is 7.32. The van der Waals surface area contributed by atoms with Crippen LogP contribution < -0.4 is 15.1 Å². The number of pyridine rings is 1. The van der Waals surface area contributed by atoms with Gasteiger partial charge in [-0.25, -0.2) is 0 Å². The molecule has 0 bridgehead atoms. The molecule has 1 atom stereocenters. The molecule has 4 rings (SSSR count). The van der Waals surface area contributed by atoms with Crippen LogP contribution >= 0.6 is 15.9 Å². The van der Waals surface area contributed by atoms with Gasteiger partial charge in [-0.3, -0.25) is 9.78 Å². The Hall–Kier alpha value is -2.08. The lowest BCUT2D eigenvalue weighted by molar-refractivity contribution is 0.0935. The van der Waals surface area contributed by atoms with Crippen molar-refractivity contribution in [2.75, 3.05) is 29.4 Å². The summed E-state index contributed by atoms with van der Waals surface area (Å²) in [6.45, 7) is 11.7. The van der Waals surface area contributed by atoms with Crippen LogP contribution in [0.5, 0.6) is 0 Å². The van der Waals surface area contributed by atoms with Crippen LogP contribution in [0.15, 0.2) is 35.1 Å². The minimum absolute atomic E-state index is 0.0276. The summed E-state index contributed by atoms with van der Waals surface area (Å²) in [5.74, 6) is 0.635. The quantitative estimate of drug-likeness (QED) is 0.526. The number of rotatable bonds is 6. The number of halogens is 1. The SMILES string of the molecule is CC(C)c1cccc(C(C)C)c1C(=O)NC1CCCN1c1cncc(Br)c1N1CCCC1. The molecule has 172 valence electrons. The Morgan fingerprint density at radius 3 is 2.31 bits per heavy atom. The normalized spacial score (nSPS) is 18.8. The zero-order valence-electron chi connectivity index (χ0n) is 19.7. The van der Waals surface area contributed by atoms with Crippen LogP contribution in [0.2, 0.25) is 0 Å². The summed E-state index contributed by atoms with van der Waals surface area (Å²) in [6, 6.07) is 6.28. The molecule has 1 amide bonds. The van der Waals surface area contributed by atoms with Gasteiger partial charge in [0, 0.05) is 31.4 Å². The van der Waals surface area contributed by atoms with Crippen LogP contribution in [-0.2, 0) is 0 Å². The molecule has 1 N–H and O–H groups in total. The van der Waals surface area contributed by atoms with Gasteiger partial charge in [0.15, 0.2) is 0 Å². The molecule has 5 nitrogen and oxygen atoms in total. The smallest absolute Gasteiger partial charge is 0.253 e. The number of carbonyl (C=O) groups excluding carboxylic acids is 1. The molecule has 0 aliphatic carbocycles.